The minimum Gasteiger partial charge on any atom is -0.370 e. The summed E-state index contributed by atoms with van der Waals surface area (Å²) in [5, 5.41) is 0. The lowest BCUT2D eigenvalue weighted by Gasteiger charge is -2.30. The van der Waals surface area contributed by atoms with Crippen LogP contribution in [0.25, 0.3) is 6.08 Å². The molecule has 0 unspecified atom stereocenters. The predicted molar refractivity (Wildman–Crippen MR) is 96.3 cm³/mol. The summed E-state index contributed by atoms with van der Waals surface area (Å²) in [4.78, 5) is 25.2. The van der Waals surface area contributed by atoms with E-state index in [1.165, 1.54) is 11.4 Å². The lowest BCUT2D eigenvalue weighted by Crippen LogP contribution is -2.38. The van der Waals surface area contributed by atoms with E-state index in [1.807, 2.05) is 11.0 Å². The fraction of sp³-hybridized carbons (Fsp3) is 0.579. The molecule has 0 aliphatic carbocycles. The Morgan fingerprint density at radius 1 is 1.29 bits per heavy atom. The summed E-state index contributed by atoms with van der Waals surface area (Å²) in [6.07, 6.45) is 6.83. The summed E-state index contributed by atoms with van der Waals surface area (Å²) >= 11 is 0. The van der Waals surface area contributed by atoms with Crippen molar-refractivity contribution < 1.29 is 9.59 Å². The molecule has 0 aromatic carbocycles. The molecule has 2 heterocycles. The first-order chi connectivity index (χ1) is 11.4. The highest BCUT2D eigenvalue weighted by Gasteiger charge is 2.22. The van der Waals surface area contributed by atoms with E-state index in [-0.39, 0.29) is 11.8 Å². The van der Waals surface area contributed by atoms with Crippen molar-refractivity contribution in [3.8, 4) is 0 Å². The average molecular weight is 331 g/mol. The number of aryl methyl sites for hydroxylation is 1. The van der Waals surface area contributed by atoms with Crippen LogP contribution in [0, 0.1) is 19.8 Å². The molecule has 1 aromatic rings. The topological polar surface area (TPSA) is 68.3 Å². The molecular formula is C19H29N3O2. The van der Waals surface area contributed by atoms with Crippen molar-refractivity contribution in [2.45, 2.75) is 53.0 Å². The van der Waals surface area contributed by atoms with Crippen molar-refractivity contribution in [2.75, 3.05) is 13.1 Å². The fourth-order valence-electron chi connectivity index (χ4n) is 3.47. The molecule has 1 aliphatic rings. The van der Waals surface area contributed by atoms with Crippen molar-refractivity contribution in [1.29, 1.82) is 0 Å². The molecule has 5 nitrogen and oxygen atoms in total. The van der Waals surface area contributed by atoms with Crippen molar-refractivity contribution >= 4 is 17.9 Å². The van der Waals surface area contributed by atoms with Crippen LogP contribution in [0.15, 0.2) is 12.1 Å². The molecule has 2 amide bonds. The van der Waals surface area contributed by atoms with Gasteiger partial charge >= 0.3 is 0 Å². The maximum atomic E-state index is 12.4. The van der Waals surface area contributed by atoms with Crippen LogP contribution in [0.5, 0.6) is 0 Å². The van der Waals surface area contributed by atoms with Gasteiger partial charge in [0.25, 0.3) is 0 Å². The van der Waals surface area contributed by atoms with Gasteiger partial charge < -0.3 is 15.2 Å². The summed E-state index contributed by atoms with van der Waals surface area (Å²) in [6.45, 7) is 8.78. The molecule has 0 spiro atoms. The number of nitrogens with zero attached hydrogens (tertiary/aromatic N) is 2. The Labute approximate surface area is 144 Å². The number of nitrogens with two attached hydrogens (primary N) is 1. The molecule has 1 saturated heterocycles. The SMILES string of the molecule is CCCn1c(C)cc(/C=C\C(=O)N2CCC(CC(N)=O)CC2)c1C. The second-order valence-corrected chi connectivity index (χ2v) is 6.75. The number of carbonyl (C=O) groups is 2. The van der Waals surface area contributed by atoms with Crippen molar-refractivity contribution in [1.82, 2.24) is 9.47 Å². The van der Waals surface area contributed by atoms with Crippen molar-refractivity contribution in [2.24, 2.45) is 11.7 Å². The van der Waals surface area contributed by atoms with E-state index in [9.17, 15) is 9.59 Å². The van der Waals surface area contributed by atoms with E-state index in [1.54, 1.807) is 6.08 Å². The average Bonchev–Trinajstić information content (AvgIpc) is 2.81. The van der Waals surface area contributed by atoms with E-state index >= 15 is 0 Å². The molecule has 0 radical (unpaired) electrons. The van der Waals surface area contributed by atoms with E-state index in [4.69, 9.17) is 5.73 Å². The second kappa shape index (κ2) is 8.18. The zero-order chi connectivity index (χ0) is 17.7. The number of amides is 2. The van der Waals surface area contributed by atoms with E-state index < -0.39 is 0 Å². The van der Waals surface area contributed by atoms with Crippen LogP contribution < -0.4 is 5.73 Å². The van der Waals surface area contributed by atoms with Gasteiger partial charge in [0.15, 0.2) is 0 Å². The van der Waals surface area contributed by atoms with Crippen LogP contribution in [-0.4, -0.2) is 34.4 Å². The van der Waals surface area contributed by atoms with Crippen LogP contribution in [0.3, 0.4) is 0 Å². The van der Waals surface area contributed by atoms with Gasteiger partial charge in [-0.05, 0) is 56.7 Å². The molecule has 5 heteroatoms. The largest absolute Gasteiger partial charge is 0.370 e. The van der Waals surface area contributed by atoms with Gasteiger partial charge in [-0.25, -0.2) is 0 Å². The molecule has 0 bridgehead atoms. The monoisotopic (exact) mass is 331 g/mol. The highest BCUT2D eigenvalue weighted by Crippen LogP contribution is 2.21. The number of piperidine rings is 1. The summed E-state index contributed by atoms with van der Waals surface area (Å²) in [6, 6.07) is 2.13. The molecule has 0 atom stereocenters. The number of hydrogen-bond acceptors (Lipinski definition) is 2. The number of rotatable bonds is 6. The second-order valence-electron chi connectivity index (χ2n) is 6.75. The molecule has 0 saturated carbocycles. The molecule has 1 aliphatic heterocycles. The van der Waals surface area contributed by atoms with Gasteiger partial charge in [-0.1, -0.05) is 6.92 Å². The summed E-state index contributed by atoms with van der Waals surface area (Å²) < 4.78 is 2.29. The number of carbonyl (C=O) groups excluding carboxylic acids is 2. The molecule has 1 fully saturated rings. The third kappa shape index (κ3) is 4.49. The summed E-state index contributed by atoms with van der Waals surface area (Å²) in [7, 11) is 0. The number of hydrogen-bond donors (Lipinski definition) is 1. The lowest BCUT2D eigenvalue weighted by molar-refractivity contribution is -0.127. The van der Waals surface area contributed by atoms with E-state index in [0.717, 1.165) is 31.4 Å². The fourth-order valence-corrected chi connectivity index (χ4v) is 3.47. The van der Waals surface area contributed by atoms with E-state index in [2.05, 4.69) is 31.4 Å². The molecule has 132 valence electrons. The minimum absolute atomic E-state index is 0.0489. The Balaban J connectivity index is 1.94. The zero-order valence-electron chi connectivity index (χ0n) is 15.0. The molecular weight excluding hydrogens is 302 g/mol. The Bertz CT molecular complexity index is 623. The van der Waals surface area contributed by atoms with Gasteiger partial charge in [0.1, 0.15) is 0 Å². The third-order valence-electron chi connectivity index (χ3n) is 4.88. The van der Waals surface area contributed by atoms with Gasteiger partial charge in [-0.2, -0.15) is 0 Å². The first-order valence-electron chi connectivity index (χ1n) is 8.84. The van der Waals surface area contributed by atoms with E-state index in [0.29, 0.717) is 25.4 Å². The smallest absolute Gasteiger partial charge is 0.246 e. The van der Waals surface area contributed by atoms with Gasteiger partial charge in [-0.15, -0.1) is 0 Å². The van der Waals surface area contributed by atoms with Crippen molar-refractivity contribution in [3.63, 3.8) is 0 Å². The van der Waals surface area contributed by atoms with Gasteiger partial charge in [0.2, 0.25) is 11.8 Å². The highest BCUT2D eigenvalue weighted by atomic mass is 16.2. The first kappa shape index (κ1) is 18.3. The van der Waals surface area contributed by atoms with Crippen LogP contribution >= 0.6 is 0 Å². The van der Waals surface area contributed by atoms with Crippen LogP contribution in [0.4, 0.5) is 0 Å². The van der Waals surface area contributed by atoms with Crippen LogP contribution in [0.2, 0.25) is 0 Å². The third-order valence-corrected chi connectivity index (χ3v) is 4.88. The predicted octanol–water partition coefficient (Wildman–Crippen LogP) is 2.64. The maximum absolute atomic E-state index is 12.4. The Kier molecular flexibility index (Phi) is 6.23. The van der Waals surface area contributed by atoms with Crippen LogP contribution in [-0.2, 0) is 16.1 Å². The minimum atomic E-state index is -0.248. The van der Waals surface area contributed by atoms with Gasteiger partial charge in [0, 0.05) is 43.5 Å². The number of primary amides is 1. The molecule has 24 heavy (non-hydrogen) atoms. The standard InChI is InChI=1S/C19H29N3O2/c1-4-9-22-14(2)12-17(15(22)3)5-6-19(24)21-10-7-16(8-11-21)13-18(20)23/h5-6,12,16H,4,7-11,13H2,1-3H3,(H2,20,23)/b6-5-. The lowest BCUT2D eigenvalue weighted by atomic mass is 9.93. The Hall–Kier alpha value is -2.04. The molecule has 2 rings (SSSR count). The Morgan fingerprint density at radius 3 is 2.54 bits per heavy atom. The quantitative estimate of drug-likeness (QED) is 0.814. The molecule has 2 N–H and O–H groups in total. The van der Waals surface area contributed by atoms with Gasteiger partial charge in [-0.3, -0.25) is 9.59 Å². The summed E-state index contributed by atoms with van der Waals surface area (Å²) in [5.41, 5.74) is 8.79. The van der Waals surface area contributed by atoms with Gasteiger partial charge in [0.05, 0.1) is 0 Å². The number of aromatic nitrogens is 1. The highest BCUT2D eigenvalue weighted by molar-refractivity contribution is 5.92. The number of likely N-dealkylation sites (tertiary alicyclic amines) is 1. The Morgan fingerprint density at radius 2 is 1.96 bits per heavy atom. The first-order valence-corrected chi connectivity index (χ1v) is 8.84. The zero-order valence-corrected chi connectivity index (χ0v) is 15.0. The normalized spacial score (nSPS) is 16.0. The summed E-state index contributed by atoms with van der Waals surface area (Å²) in [5.74, 6) is 0.124. The maximum Gasteiger partial charge on any atom is 0.246 e. The van der Waals surface area contributed by atoms with Crippen molar-refractivity contribution in [3.05, 3.63) is 29.1 Å². The molecule has 1 aromatic heterocycles. The van der Waals surface area contributed by atoms with Crippen LogP contribution in [0.1, 0.15) is 49.6 Å².